The normalized spacial score (nSPS) is 17.8. The van der Waals surface area contributed by atoms with Gasteiger partial charge in [0.2, 0.25) is 11.8 Å². The van der Waals surface area contributed by atoms with Crippen LogP contribution in [0.3, 0.4) is 0 Å². The number of hydrogen-bond donors (Lipinski definition) is 2. The van der Waals surface area contributed by atoms with E-state index in [0.29, 0.717) is 5.88 Å². The van der Waals surface area contributed by atoms with Crippen molar-refractivity contribution in [2.45, 2.75) is 32.7 Å². The second-order valence-electron chi connectivity index (χ2n) is 6.08. The van der Waals surface area contributed by atoms with Gasteiger partial charge in [-0.15, -0.1) is 5.10 Å². The van der Waals surface area contributed by atoms with Gasteiger partial charge in [0.15, 0.2) is 5.82 Å². The molecule has 0 spiro atoms. The summed E-state index contributed by atoms with van der Waals surface area (Å²) in [6.07, 6.45) is 2.08. The molecular weight excluding hydrogens is 308 g/mol. The number of amides is 1. The Morgan fingerprint density at radius 1 is 1.33 bits per heavy atom. The molecule has 128 valence electrons. The van der Waals surface area contributed by atoms with E-state index in [0.717, 1.165) is 43.1 Å². The molecule has 1 atom stereocenters. The Kier molecular flexibility index (Phi) is 5.05. The topological polar surface area (TPSA) is 96.2 Å². The van der Waals surface area contributed by atoms with Crippen molar-refractivity contribution in [3.05, 3.63) is 29.6 Å². The molecule has 0 saturated carbocycles. The van der Waals surface area contributed by atoms with Gasteiger partial charge < -0.3 is 14.7 Å². The molecule has 1 aliphatic rings. The lowest BCUT2D eigenvalue weighted by Crippen LogP contribution is -2.48. The van der Waals surface area contributed by atoms with Gasteiger partial charge in [-0.2, -0.15) is 5.10 Å². The highest BCUT2D eigenvalue weighted by atomic mass is 16.5. The van der Waals surface area contributed by atoms with Crippen molar-refractivity contribution in [1.29, 1.82) is 0 Å². The van der Waals surface area contributed by atoms with Crippen LogP contribution < -0.4 is 15.5 Å². The number of nitrogens with one attached hydrogen (secondary N) is 2. The highest BCUT2D eigenvalue weighted by Crippen LogP contribution is 2.17. The van der Waals surface area contributed by atoms with Crippen LogP contribution in [0.1, 0.15) is 24.2 Å². The molecule has 1 fully saturated rings. The molecule has 3 heterocycles. The summed E-state index contributed by atoms with van der Waals surface area (Å²) in [5, 5.41) is 18.1. The highest BCUT2D eigenvalue weighted by molar-refractivity contribution is 5.90. The van der Waals surface area contributed by atoms with Crippen LogP contribution in [-0.4, -0.2) is 46.9 Å². The number of hydrogen-bond acceptors (Lipinski definition) is 7. The van der Waals surface area contributed by atoms with Crippen LogP contribution in [0, 0.1) is 13.8 Å². The molecule has 0 unspecified atom stereocenters. The number of piperidine rings is 1. The van der Waals surface area contributed by atoms with Crippen molar-refractivity contribution in [1.82, 2.24) is 20.7 Å². The molecular formula is C16H22N6O2. The lowest BCUT2D eigenvalue weighted by Gasteiger charge is -2.33. The maximum atomic E-state index is 12.0. The first-order chi connectivity index (χ1) is 11.6. The molecule has 1 aliphatic heterocycles. The summed E-state index contributed by atoms with van der Waals surface area (Å²) < 4.78 is 4.98. The highest BCUT2D eigenvalue weighted by Gasteiger charge is 2.21. The van der Waals surface area contributed by atoms with Crippen molar-refractivity contribution in [2.24, 2.45) is 0 Å². The third-order valence-electron chi connectivity index (χ3n) is 3.97. The van der Waals surface area contributed by atoms with Crippen molar-refractivity contribution in [3.8, 4) is 0 Å². The average Bonchev–Trinajstić information content (AvgIpc) is 2.99. The number of nitrogens with zero attached hydrogens (tertiary/aromatic N) is 4. The third kappa shape index (κ3) is 4.29. The quantitative estimate of drug-likeness (QED) is 0.852. The second kappa shape index (κ2) is 7.39. The molecule has 0 bridgehead atoms. The minimum atomic E-state index is -0.140. The Hall–Kier alpha value is -2.48. The maximum Gasteiger partial charge on any atom is 0.240 e. The predicted molar refractivity (Wildman–Crippen MR) is 89.9 cm³/mol. The second-order valence-corrected chi connectivity index (χ2v) is 6.08. The van der Waals surface area contributed by atoms with E-state index in [-0.39, 0.29) is 18.5 Å². The van der Waals surface area contributed by atoms with E-state index in [9.17, 15) is 4.79 Å². The van der Waals surface area contributed by atoms with E-state index in [1.165, 1.54) is 0 Å². The lowest BCUT2D eigenvalue weighted by atomic mass is 10.1. The monoisotopic (exact) mass is 330 g/mol. The average molecular weight is 330 g/mol. The first kappa shape index (κ1) is 16.4. The number of anilines is 2. The number of carbonyl (C=O) groups is 1. The number of rotatable bonds is 5. The van der Waals surface area contributed by atoms with Crippen LogP contribution >= 0.6 is 0 Å². The van der Waals surface area contributed by atoms with Crippen LogP contribution in [0.2, 0.25) is 0 Å². The van der Waals surface area contributed by atoms with Gasteiger partial charge >= 0.3 is 0 Å². The molecule has 1 saturated heterocycles. The van der Waals surface area contributed by atoms with Crippen LogP contribution in [0.25, 0.3) is 0 Å². The molecule has 0 aromatic carbocycles. The SMILES string of the molecule is Cc1ccc(N2CCC[C@@H](NCC(=O)Nc3cc(C)no3)C2)nn1. The fourth-order valence-electron chi connectivity index (χ4n) is 2.75. The van der Waals surface area contributed by atoms with Crippen LogP contribution in [0.4, 0.5) is 11.7 Å². The van der Waals surface area contributed by atoms with Crippen molar-refractivity contribution < 1.29 is 9.32 Å². The maximum absolute atomic E-state index is 12.0. The fourth-order valence-corrected chi connectivity index (χ4v) is 2.75. The van der Waals surface area contributed by atoms with E-state index in [4.69, 9.17) is 4.52 Å². The Bertz CT molecular complexity index is 684. The Morgan fingerprint density at radius 2 is 2.21 bits per heavy atom. The molecule has 2 aromatic rings. The van der Waals surface area contributed by atoms with Gasteiger partial charge in [-0.1, -0.05) is 5.16 Å². The Morgan fingerprint density at radius 3 is 2.92 bits per heavy atom. The number of aromatic nitrogens is 3. The molecule has 24 heavy (non-hydrogen) atoms. The minimum absolute atomic E-state index is 0.140. The van der Waals surface area contributed by atoms with Gasteiger partial charge in [0, 0.05) is 25.2 Å². The Labute approximate surface area is 140 Å². The molecule has 8 heteroatoms. The van der Waals surface area contributed by atoms with E-state index < -0.39 is 0 Å². The molecule has 0 radical (unpaired) electrons. The standard InChI is InChI=1S/C16H22N6O2/c1-11-5-6-14(20-19-11)22-7-3-4-13(10-22)17-9-15(23)18-16-8-12(2)21-24-16/h5-6,8,13,17H,3-4,7,9-10H2,1-2H3,(H,18,23)/t13-/m1/s1. The van der Waals surface area contributed by atoms with Gasteiger partial charge in [-0.05, 0) is 38.8 Å². The number of aryl methyl sites for hydroxylation is 2. The molecule has 2 aromatic heterocycles. The van der Waals surface area contributed by atoms with Gasteiger partial charge in [0.05, 0.1) is 17.9 Å². The van der Waals surface area contributed by atoms with Gasteiger partial charge in [-0.3, -0.25) is 10.1 Å². The first-order valence-corrected chi connectivity index (χ1v) is 8.12. The smallest absolute Gasteiger partial charge is 0.240 e. The lowest BCUT2D eigenvalue weighted by molar-refractivity contribution is -0.115. The van der Waals surface area contributed by atoms with Crippen molar-refractivity contribution in [3.63, 3.8) is 0 Å². The third-order valence-corrected chi connectivity index (χ3v) is 3.97. The zero-order valence-corrected chi connectivity index (χ0v) is 14.0. The van der Waals surface area contributed by atoms with Gasteiger partial charge in [0.25, 0.3) is 0 Å². The number of carbonyl (C=O) groups excluding carboxylic acids is 1. The molecule has 1 amide bonds. The summed E-state index contributed by atoms with van der Waals surface area (Å²) in [5.74, 6) is 1.12. The summed E-state index contributed by atoms with van der Waals surface area (Å²) in [6.45, 7) is 5.73. The summed E-state index contributed by atoms with van der Waals surface area (Å²) >= 11 is 0. The van der Waals surface area contributed by atoms with Gasteiger partial charge in [-0.25, -0.2) is 0 Å². The zero-order valence-electron chi connectivity index (χ0n) is 14.0. The summed E-state index contributed by atoms with van der Waals surface area (Å²) in [4.78, 5) is 14.2. The molecule has 8 nitrogen and oxygen atoms in total. The van der Waals surface area contributed by atoms with E-state index >= 15 is 0 Å². The summed E-state index contributed by atoms with van der Waals surface area (Å²) in [5.41, 5.74) is 1.64. The zero-order chi connectivity index (χ0) is 16.9. The fraction of sp³-hybridized carbons (Fsp3) is 0.500. The molecule has 0 aliphatic carbocycles. The molecule has 3 rings (SSSR count). The van der Waals surface area contributed by atoms with Crippen LogP contribution in [0.5, 0.6) is 0 Å². The van der Waals surface area contributed by atoms with Crippen molar-refractivity contribution in [2.75, 3.05) is 29.9 Å². The van der Waals surface area contributed by atoms with E-state index in [2.05, 4.69) is 30.9 Å². The minimum Gasteiger partial charge on any atom is -0.354 e. The van der Waals surface area contributed by atoms with E-state index in [1.807, 2.05) is 26.0 Å². The van der Waals surface area contributed by atoms with Crippen LogP contribution in [-0.2, 0) is 4.79 Å². The van der Waals surface area contributed by atoms with E-state index in [1.54, 1.807) is 6.07 Å². The van der Waals surface area contributed by atoms with Crippen molar-refractivity contribution >= 4 is 17.6 Å². The summed E-state index contributed by atoms with van der Waals surface area (Å²) in [7, 11) is 0. The summed E-state index contributed by atoms with van der Waals surface area (Å²) in [6, 6.07) is 5.88. The van der Waals surface area contributed by atoms with Crippen LogP contribution in [0.15, 0.2) is 22.7 Å². The largest absolute Gasteiger partial charge is 0.354 e. The Balaban J connectivity index is 1.48. The van der Waals surface area contributed by atoms with Gasteiger partial charge in [0.1, 0.15) is 0 Å². The predicted octanol–water partition coefficient (Wildman–Crippen LogP) is 1.28. The molecule has 2 N–H and O–H groups in total. The first-order valence-electron chi connectivity index (χ1n) is 8.12.